The van der Waals surface area contributed by atoms with Gasteiger partial charge in [0.15, 0.2) is 11.5 Å². The Labute approximate surface area is 84.0 Å². The number of benzene rings is 1. The molecule has 1 unspecified atom stereocenters. The van der Waals surface area contributed by atoms with Crippen LogP contribution in [0.15, 0.2) is 18.2 Å². The van der Waals surface area contributed by atoms with Gasteiger partial charge in [0.25, 0.3) is 0 Å². The minimum Gasteiger partial charge on any atom is -0.504 e. The van der Waals surface area contributed by atoms with Gasteiger partial charge < -0.3 is 14.9 Å². The highest BCUT2D eigenvalue weighted by Gasteiger charge is 2.10. The third-order valence-corrected chi connectivity index (χ3v) is 2.39. The van der Waals surface area contributed by atoms with Crippen LogP contribution in [-0.4, -0.2) is 23.9 Å². The van der Waals surface area contributed by atoms with Crippen LogP contribution in [0, 0.1) is 0 Å². The Hall–Kier alpha value is -1.22. The minimum atomic E-state index is 0.115. The summed E-state index contributed by atoms with van der Waals surface area (Å²) in [5.74, 6) is 0.697. The third-order valence-electron chi connectivity index (χ3n) is 2.39. The molecule has 0 aliphatic rings. The number of methoxy groups -OCH3 is 1. The Kier molecular flexibility index (Phi) is 3.77. The number of ether oxygens (including phenoxy) is 1. The molecule has 0 aliphatic carbocycles. The van der Waals surface area contributed by atoms with Gasteiger partial charge in [-0.25, -0.2) is 0 Å². The summed E-state index contributed by atoms with van der Waals surface area (Å²) in [4.78, 5) is 0. The molecule has 0 saturated heterocycles. The number of phenolic OH excluding ortho intramolecular Hbond substituents is 1. The van der Waals surface area contributed by atoms with Gasteiger partial charge in [-0.2, -0.15) is 0 Å². The smallest absolute Gasteiger partial charge is 0.160 e. The molecule has 1 aromatic rings. The maximum absolute atomic E-state index is 9.37. The fourth-order valence-corrected chi connectivity index (χ4v) is 1.42. The molecule has 0 radical (unpaired) electrons. The van der Waals surface area contributed by atoms with Crippen LogP contribution in [0.5, 0.6) is 11.5 Å². The highest BCUT2D eigenvalue weighted by atomic mass is 16.5. The number of aliphatic hydroxyl groups excluding tert-OH is 1. The lowest BCUT2D eigenvalue weighted by Gasteiger charge is -2.13. The molecule has 78 valence electrons. The fourth-order valence-electron chi connectivity index (χ4n) is 1.42. The van der Waals surface area contributed by atoms with Crippen LogP contribution in [-0.2, 0) is 0 Å². The first-order chi connectivity index (χ1) is 6.72. The van der Waals surface area contributed by atoms with Crippen molar-refractivity contribution in [2.24, 2.45) is 0 Å². The van der Waals surface area contributed by atoms with Crippen LogP contribution in [0.25, 0.3) is 0 Å². The first-order valence-electron chi connectivity index (χ1n) is 4.70. The zero-order chi connectivity index (χ0) is 10.6. The van der Waals surface area contributed by atoms with Gasteiger partial charge in [0.2, 0.25) is 0 Å². The maximum atomic E-state index is 9.37. The van der Waals surface area contributed by atoms with Crippen LogP contribution in [0.3, 0.4) is 0 Å². The molecule has 14 heavy (non-hydrogen) atoms. The minimum absolute atomic E-state index is 0.115. The van der Waals surface area contributed by atoms with Crippen LogP contribution in [0.1, 0.15) is 24.8 Å². The molecule has 2 N–H and O–H groups in total. The van der Waals surface area contributed by atoms with Gasteiger partial charge in [0, 0.05) is 12.5 Å². The van der Waals surface area contributed by atoms with Gasteiger partial charge in [-0.15, -0.1) is 0 Å². The highest BCUT2D eigenvalue weighted by Crippen LogP contribution is 2.30. The van der Waals surface area contributed by atoms with Crippen molar-refractivity contribution in [1.29, 1.82) is 0 Å². The summed E-state index contributed by atoms with van der Waals surface area (Å²) >= 11 is 0. The Bertz CT molecular complexity index is 293. The quantitative estimate of drug-likeness (QED) is 0.773. The maximum Gasteiger partial charge on any atom is 0.160 e. The molecule has 0 fully saturated rings. The van der Waals surface area contributed by atoms with Gasteiger partial charge in [-0.1, -0.05) is 13.0 Å². The Morgan fingerprint density at radius 3 is 2.64 bits per heavy atom. The van der Waals surface area contributed by atoms with E-state index in [1.54, 1.807) is 12.1 Å². The normalized spacial score (nSPS) is 12.5. The number of hydrogen-bond donors (Lipinski definition) is 2. The Morgan fingerprint density at radius 1 is 1.43 bits per heavy atom. The third kappa shape index (κ3) is 2.17. The van der Waals surface area contributed by atoms with E-state index in [4.69, 9.17) is 9.84 Å². The van der Waals surface area contributed by atoms with Crippen molar-refractivity contribution < 1.29 is 14.9 Å². The average molecular weight is 196 g/mol. The lowest BCUT2D eigenvalue weighted by atomic mass is 9.97. The van der Waals surface area contributed by atoms with E-state index >= 15 is 0 Å². The largest absolute Gasteiger partial charge is 0.504 e. The summed E-state index contributed by atoms with van der Waals surface area (Å²) in [5, 5.41) is 18.5. The zero-order valence-electron chi connectivity index (χ0n) is 8.53. The monoisotopic (exact) mass is 196 g/mol. The van der Waals surface area contributed by atoms with E-state index in [1.165, 1.54) is 7.11 Å². The van der Waals surface area contributed by atoms with Crippen LogP contribution >= 0.6 is 0 Å². The number of aromatic hydroxyl groups is 1. The Morgan fingerprint density at radius 2 is 2.14 bits per heavy atom. The van der Waals surface area contributed by atoms with E-state index in [9.17, 15) is 5.11 Å². The standard InChI is InChI=1S/C11H16O3/c1-3-8(7-12)9-4-5-10(13)11(6-9)14-2/h4-6,8,12-13H,3,7H2,1-2H3. The van der Waals surface area contributed by atoms with Crippen LogP contribution in [0.4, 0.5) is 0 Å². The van der Waals surface area contributed by atoms with Gasteiger partial charge >= 0.3 is 0 Å². The van der Waals surface area contributed by atoms with E-state index in [1.807, 2.05) is 13.0 Å². The molecular weight excluding hydrogens is 180 g/mol. The summed E-state index contributed by atoms with van der Waals surface area (Å²) in [7, 11) is 1.51. The molecule has 0 heterocycles. The molecule has 0 amide bonds. The van der Waals surface area contributed by atoms with E-state index in [0.29, 0.717) is 5.75 Å². The van der Waals surface area contributed by atoms with Crippen molar-refractivity contribution in [1.82, 2.24) is 0 Å². The zero-order valence-corrected chi connectivity index (χ0v) is 8.53. The second kappa shape index (κ2) is 4.86. The van der Waals surface area contributed by atoms with Crippen molar-refractivity contribution >= 4 is 0 Å². The number of aliphatic hydroxyl groups is 1. The van der Waals surface area contributed by atoms with Crippen LogP contribution in [0.2, 0.25) is 0 Å². The topological polar surface area (TPSA) is 49.7 Å². The molecule has 0 aliphatic heterocycles. The van der Waals surface area contributed by atoms with Gasteiger partial charge in [-0.05, 0) is 24.1 Å². The summed E-state index contributed by atoms with van der Waals surface area (Å²) < 4.78 is 4.99. The first kappa shape index (κ1) is 10.9. The van der Waals surface area contributed by atoms with Gasteiger partial charge in [-0.3, -0.25) is 0 Å². The Balaban J connectivity index is 2.98. The van der Waals surface area contributed by atoms with E-state index in [0.717, 1.165) is 12.0 Å². The molecule has 0 spiro atoms. The molecule has 1 rings (SSSR count). The molecule has 3 heteroatoms. The summed E-state index contributed by atoms with van der Waals surface area (Å²) in [5.41, 5.74) is 0.990. The second-order valence-electron chi connectivity index (χ2n) is 3.22. The number of phenols is 1. The molecule has 0 saturated carbocycles. The van der Waals surface area contributed by atoms with Crippen molar-refractivity contribution in [2.45, 2.75) is 19.3 Å². The molecule has 3 nitrogen and oxygen atoms in total. The van der Waals surface area contributed by atoms with Crippen LogP contribution < -0.4 is 4.74 Å². The molecule has 1 aromatic carbocycles. The number of rotatable bonds is 4. The van der Waals surface area contributed by atoms with E-state index < -0.39 is 0 Å². The molecule has 0 aromatic heterocycles. The van der Waals surface area contributed by atoms with Crippen molar-refractivity contribution in [2.75, 3.05) is 13.7 Å². The first-order valence-corrected chi connectivity index (χ1v) is 4.70. The molecule has 1 atom stereocenters. The number of hydrogen-bond acceptors (Lipinski definition) is 3. The SMILES string of the molecule is CCC(CO)c1ccc(O)c(OC)c1. The van der Waals surface area contributed by atoms with Crippen molar-refractivity contribution in [3.63, 3.8) is 0 Å². The summed E-state index contributed by atoms with van der Waals surface area (Å²) in [6.07, 6.45) is 0.866. The predicted octanol–water partition coefficient (Wildman–Crippen LogP) is 1.89. The lowest BCUT2D eigenvalue weighted by Crippen LogP contribution is -2.02. The van der Waals surface area contributed by atoms with Crippen molar-refractivity contribution in [3.05, 3.63) is 23.8 Å². The molecule has 0 bridgehead atoms. The predicted molar refractivity (Wildman–Crippen MR) is 54.8 cm³/mol. The van der Waals surface area contributed by atoms with E-state index in [2.05, 4.69) is 0 Å². The van der Waals surface area contributed by atoms with Gasteiger partial charge in [0.05, 0.1) is 7.11 Å². The highest BCUT2D eigenvalue weighted by molar-refractivity contribution is 5.42. The summed E-state index contributed by atoms with van der Waals surface area (Å²) in [6, 6.07) is 5.16. The van der Waals surface area contributed by atoms with Gasteiger partial charge in [0.1, 0.15) is 0 Å². The fraction of sp³-hybridized carbons (Fsp3) is 0.455. The molecular formula is C11H16O3. The summed E-state index contributed by atoms with van der Waals surface area (Å²) in [6.45, 7) is 2.13. The second-order valence-corrected chi connectivity index (χ2v) is 3.22. The lowest BCUT2D eigenvalue weighted by molar-refractivity contribution is 0.262. The van der Waals surface area contributed by atoms with E-state index in [-0.39, 0.29) is 18.3 Å². The average Bonchev–Trinajstić information content (AvgIpc) is 2.22. The van der Waals surface area contributed by atoms with Crippen molar-refractivity contribution in [3.8, 4) is 11.5 Å².